The summed E-state index contributed by atoms with van der Waals surface area (Å²) in [6.07, 6.45) is 1.90. The highest BCUT2D eigenvalue weighted by atomic mass is 19.1. The molecule has 0 saturated heterocycles. The molecule has 0 aliphatic rings. The van der Waals surface area contributed by atoms with E-state index < -0.39 is 0 Å². The zero-order valence-electron chi connectivity index (χ0n) is 9.33. The van der Waals surface area contributed by atoms with Crippen molar-refractivity contribution < 1.29 is 4.39 Å². The van der Waals surface area contributed by atoms with Crippen molar-refractivity contribution in [3.05, 3.63) is 41.3 Å². The molecule has 2 aromatic rings. The van der Waals surface area contributed by atoms with Crippen LogP contribution in [0.15, 0.2) is 24.3 Å². The number of fused-ring (bicyclic) bond motifs is 1. The third kappa shape index (κ3) is 2.04. The van der Waals surface area contributed by atoms with Gasteiger partial charge in [-0.2, -0.15) is 0 Å². The fraction of sp³-hybridized carbons (Fsp3) is 0.308. The lowest BCUT2D eigenvalue weighted by Crippen LogP contribution is -2.04. The average molecular weight is 218 g/mol. The minimum Gasteiger partial charge on any atom is -0.326 e. The van der Waals surface area contributed by atoms with Crippen molar-refractivity contribution in [1.82, 2.24) is 4.98 Å². The molecule has 0 amide bonds. The van der Waals surface area contributed by atoms with Gasteiger partial charge in [-0.25, -0.2) is 4.39 Å². The number of hydrogen-bond acceptors (Lipinski definition) is 2. The molecule has 2 N–H and O–H groups in total. The van der Waals surface area contributed by atoms with E-state index in [2.05, 4.69) is 11.9 Å². The molecule has 2 nitrogen and oxygen atoms in total. The van der Waals surface area contributed by atoms with Gasteiger partial charge in [0.25, 0.3) is 0 Å². The molecule has 0 bridgehead atoms. The van der Waals surface area contributed by atoms with Crippen LogP contribution < -0.4 is 5.73 Å². The highest BCUT2D eigenvalue weighted by Crippen LogP contribution is 2.18. The fourth-order valence-corrected chi connectivity index (χ4v) is 1.85. The smallest absolute Gasteiger partial charge is 0.125 e. The Labute approximate surface area is 94.3 Å². The van der Waals surface area contributed by atoms with Crippen LogP contribution in [0.4, 0.5) is 4.39 Å². The Morgan fingerprint density at radius 1 is 1.31 bits per heavy atom. The molecule has 2 rings (SSSR count). The summed E-state index contributed by atoms with van der Waals surface area (Å²) in [6.45, 7) is 2.58. The Morgan fingerprint density at radius 3 is 2.81 bits per heavy atom. The largest absolute Gasteiger partial charge is 0.326 e. The molecular weight excluding hydrogens is 203 g/mol. The van der Waals surface area contributed by atoms with E-state index in [1.54, 1.807) is 6.07 Å². The number of hydrogen-bond donors (Lipinski definition) is 1. The van der Waals surface area contributed by atoms with Gasteiger partial charge in [0, 0.05) is 23.7 Å². The highest BCUT2D eigenvalue weighted by Gasteiger charge is 2.05. The van der Waals surface area contributed by atoms with Crippen LogP contribution in [-0.4, -0.2) is 4.98 Å². The number of halogens is 1. The quantitative estimate of drug-likeness (QED) is 0.860. The molecule has 1 heterocycles. The second-order valence-corrected chi connectivity index (χ2v) is 3.89. The zero-order valence-corrected chi connectivity index (χ0v) is 9.33. The molecule has 1 aromatic heterocycles. The van der Waals surface area contributed by atoms with Gasteiger partial charge in [0.15, 0.2) is 0 Å². The van der Waals surface area contributed by atoms with Crippen LogP contribution in [0.3, 0.4) is 0 Å². The molecule has 0 atom stereocenters. The molecule has 1 aromatic carbocycles. The van der Waals surface area contributed by atoms with E-state index in [4.69, 9.17) is 5.73 Å². The molecule has 84 valence electrons. The molecule has 0 saturated carbocycles. The molecular formula is C13H15FN2. The average Bonchev–Trinajstić information content (AvgIpc) is 2.28. The minimum atomic E-state index is -0.247. The summed E-state index contributed by atoms with van der Waals surface area (Å²) in [5.74, 6) is -0.247. The summed E-state index contributed by atoms with van der Waals surface area (Å²) in [6, 6.07) is 6.66. The topological polar surface area (TPSA) is 38.9 Å². The Morgan fingerprint density at radius 2 is 2.12 bits per heavy atom. The summed E-state index contributed by atoms with van der Waals surface area (Å²) in [4.78, 5) is 4.48. The molecule has 0 spiro atoms. The normalized spacial score (nSPS) is 10.9. The minimum absolute atomic E-state index is 0.247. The van der Waals surface area contributed by atoms with Crippen molar-refractivity contribution in [1.29, 1.82) is 0 Å². The van der Waals surface area contributed by atoms with Gasteiger partial charge in [-0.1, -0.05) is 13.3 Å². The lowest BCUT2D eigenvalue weighted by Gasteiger charge is -2.08. The number of aromatic nitrogens is 1. The van der Waals surface area contributed by atoms with Gasteiger partial charge in [-0.3, -0.25) is 4.98 Å². The second-order valence-electron chi connectivity index (χ2n) is 3.89. The summed E-state index contributed by atoms with van der Waals surface area (Å²) in [5, 5.41) is 0.946. The third-order valence-corrected chi connectivity index (χ3v) is 2.66. The maximum atomic E-state index is 13.1. The van der Waals surface area contributed by atoms with Crippen LogP contribution in [0.5, 0.6) is 0 Å². The molecule has 0 aliphatic heterocycles. The van der Waals surface area contributed by atoms with Crippen LogP contribution in [-0.2, 0) is 13.0 Å². The van der Waals surface area contributed by atoms with Gasteiger partial charge in [0.05, 0.1) is 5.52 Å². The monoisotopic (exact) mass is 218 g/mol. The lowest BCUT2D eigenvalue weighted by molar-refractivity contribution is 0.629. The van der Waals surface area contributed by atoms with Crippen molar-refractivity contribution >= 4 is 10.9 Å². The number of benzene rings is 1. The maximum absolute atomic E-state index is 13.1. The van der Waals surface area contributed by atoms with Crippen molar-refractivity contribution in [3.63, 3.8) is 0 Å². The van der Waals surface area contributed by atoms with Gasteiger partial charge in [-0.05, 0) is 30.2 Å². The molecule has 0 fully saturated rings. The van der Waals surface area contributed by atoms with E-state index >= 15 is 0 Å². The second kappa shape index (κ2) is 4.58. The Bertz CT molecular complexity index is 509. The fourth-order valence-electron chi connectivity index (χ4n) is 1.85. The lowest BCUT2D eigenvalue weighted by atomic mass is 10.1. The number of nitrogens with zero attached hydrogens (tertiary/aromatic N) is 1. The van der Waals surface area contributed by atoms with E-state index in [0.717, 1.165) is 29.5 Å². The van der Waals surface area contributed by atoms with Crippen LogP contribution in [0.2, 0.25) is 0 Å². The Kier molecular flexibility index (Phi) is 3.15. The summed E-state index contributed by atoms with van der Waals surface area (Å²) < 4.78 is 13.1. The molecule has 3 heteroatoms. The van der Waals surface area contributed by atoms with E-state index in [1.807, 2.05) is 6.07 Å². The number of rotatable bonds is 3. The van der Waals surface area contributed by atoms with Crippen molar-refractivity contribution in [3.8, 4) is 0 Å². The summed E-state index contributed by atoms with van der Waals surface area (Å²) in [7, 11) is 0. The van der Waals surface area contributed by atoms with Crippen LogP contribution in [0.25, 0.3) is 10.9 Å². The number of pyridine rings is 1. The standard InChI is InChI=1S/C13H15FN2/c1-2-3-12-10(8-15)6-9-4-5-11(14)7-13(9)16-12/h4-7H,2-3,8,15H2,1H3. The molecule has 16 heavy (non-hydrogen) atoms. The maximum Gasteiger partial charge on any atom is 0.125 e. The third-order valence-electron chi connectivity index (χ3n) is 2.66. The number of aryl methyl sites for hydroxylation is 1. The predicted molar refractivity (Wildman–Crippen MR) is 63.6 cm³/mol. The van der Waals surface area contributed by atoms with Gasteiger partial charge < -0.3 is 5.73 Å². The van der Waals surface area contributed by atoms with E-state index in [0.29, 0.717) is 12.1 Å². The first-order chi connectivity index (χ1) is 7.74. The Hall–Kier alpha value is -1.48. The van der Waals surface area contributed by atoms with Crippen molar-refractivity contribution in [2.75, 3.05) is 0 Å². The Balaban J connectivity index is 2.60. The van der Waals surface area contributed by atoms with Crippen LogP contribution >= 0.6 is 0 Å². The van der Waals surface area contributed by atoms with E-state index in [1.165, 1.54) is 12.1 Å². The van der Waals surface area contributed by atoms with Crippen molar-refractivity contribution in [2.24, 2.45) is 5.73 Å². The summed E-state index contributed by atoms with van der Waals surface area (Å²) >= 11 is 0. The van der Waals surface area contributed by atoms with Crippen LogP contribution in [0.1, 0.15) is 24.6 Å². The van der Waals surface area contributed by atoms with Gasteiger partial charge in [0.1, 0.15) is 5.82 Å². The SMILES string of the molecule is CCCc1nc2cc(F)ccc2cc1CN. The summed E-state index contributed by atoms with van der Waals surface area (Å²) in [5.41, 5.74) is 8.44. The molecule has 0 aliphatic carbocycles. The molecule has 0 radical (unpaired) electrons. The first-order valence-corrected chi connectivity index (χ1v) is 5.52. The van der Waals surface area contributed by atoms with E-state index in [-0.39, 0.29) is 5.82 Å². The van der Waals surface area contributed by atoms with Crippen molar-refractivity contribution in [2.45, 2.75) is 26.3 Å². The van der Waals surface area contributed by atoms with E-state index in [9.17, 15) is 4.39 Å². The molecule has 0 unspecified atom stereocenters. The first kappa shape index (κ1) is 11.0. The zero-order chi connectivity index (χ0) is 11.5. The highest BCUT2D eigenvalue weighted by molar-refractivity contribution is 5.79. The first-order valence-electron chi connectivity index (χ1n) is 5.52. The van der Waals surface area contributed by atoms with Gasteiger partial charge >= 0.3 is 0 Å². The predicted octanol–water partition coefficient (Wildman–Crippen LogP) is 2.79. The van der Waals surface area contributed by atoms with Crippen LogP contribution in [0, 0.1) is 5.82 Å². The number of nitrogens with two attached hydrogens (primary N) is 1. The van der Waals surface area contributed by atoms with Gasteiger partial charge in [-0.15, -0.1) is 0 Å². The van der Waals surface area contributed by atoms with Gasteiger partial charge in [0.2, 0.25) is 0 Å².